The molecule has 0 bridgehead atoms. The standard InChI is InChI=1S/C11H12ClFINO2/c1-3-15(4-2)11(16)17-9-6-7(12)5-8(13)10(9)14/h5-6H,3-4H2,1-2H3. The molecule has 0 aromatic heterocycles. The summed E-state index contributed by atoms with van der Waals surface area (Å²) in [5, 5.41) is 0.199. The monoisotopic (exact) mass is 371 g/mol. The zero-order valence-corrected chi connectivity index (χ0v) is 12.4. The molecule has 0 fully saturated rings. The summed E-state index contributed by atoms with van der Waals surface area (Å²) in [5.74, 6) is -0.354. The average molecular weight is 372 g/mol. The van der Waals surface area contributed by atoms with Crippen LogP contribution in [-0.4, -0.2) is 24.1 Å². The second kappa shape index (κ2) is 6.39. The molecule has 0 aliphatic carbocycles. The Morgan fingerprint density at radius 1 is 1.47 bits per heavy atom. The van der Waals surface area contributed by atoms with E-state index < -0.39 is 11.9 Å². The first-order chi connectivity index (χ1) is 7.99. The van der Waals surface area contributed by atoms with Crippen molar-refractivity contribution in [1.29, 1.82) is 0 Å². The van der Waals surface area contributed by atoms with Crippen molar-refractivity contribution >= 4 is 40.3 Å². The van der Waals surface area contributed by atoms with Crippen LogP contribution in [-0.2, 0) is 0 Å². The number of carbonyl (C=O) groups is 1. The normalized spacial score (nSPS) is 10.2. The fraction of sp³-hybridized carbons (Fsp3) is 0.364. The summed E-state index contributed by atoms with van der Waals surface area (Å²) in [6, 6.07) is 2.60. The zero-order valence-electron chi connectivity index (χ0n) is 9.47. The molecule has 0 saturated heterocycles. The second-order valence-corrected chi connectivity index (χ2v) is 4.76. The predicted octanol–water partition coefficient (Wildman–Crippen LogP) is 3.92. The zero-order chi connectivity index (χ0) is 13.0. The minimum absolute atomic E-state index is 0.146. The van der Waals surface area contributed by atoms with Gasteiger partial charge in [0.2, 0.25) is 0 Å². The van der Waals surface area contributed by atoms with E-state index in [4.69, 9.17) is 16.3 Å². The second-order valence-electron chi connectivity index (χ2n) is 3.24. The molecule has 17 heavy (non-hydrogen) atoms. The molecule has 0 radical (unpaired) electrons. The lowest BCUT2D eigenvalue weighted by Gasteiger charge is -2.18. The van der Waals surface area contributed by atoms with E-state index >= 15 is 0 Å². The number of ether oxygens (including phenoxy) is 1. The van der Waals surface area contributed by atoms with Gasteiger partial charge in [-0.2, -0.15) is 0 Å². The molecule has 0 atom stereocenters. The van der Waals surface area contributed by atoms with Gasteiger partial charge in [0.1, 0.15) is 5.82 Å². The summed E-state index contributed by atoms with van der Waals surface area (Å²) in [6.45, 7) is 4.76. The van der Waals surface area contributed by atoms with Gasteiger partial charge in [-0.05, 0) is 42.5 Å². The number of hydrogen-bond acceptors (Lipinski definition) is 2. The summed E-state index contributed by atoms with van der Waals surface area (Å²) in [6.07, 6.45) is -0.505. The highest BCUT2D eigenvalue weighted by Crippen LogP contribution is 2.28. The van der Waals surface area contributed by atoms with Crippen LogP contribution in [0.2, 0.25) is 5.02 Å². The van der Waals surface area contributed by atoms with Crippen molar-refractivity contribution in [1.82, 2.24) is 4.90 Å². The first-order valence-corrected chi connectivity index (χ1v) is 6.56. The van der Waals surface area contributed by atoms with E-state index in [0.717, 1.165) is 0 Å². The molecule has 0 saturated carbocycles. The molecule has 6 heteroatoms. The number of carbonyl (C=O) groups excluding carboxylic acids is 1. The molecule has 0 N–H and O–H groups in total. The quantitative estimate of drug-likeness (QED) is 0.595. The molecule has 94 valence electrons. The van der Waals surface area contributed by atoms with Crippen molar-refractivity contribution in [2.24, 2.45) is 0 Å². The van der Waals surface area contributed by atoms with Crippen molar-refractivity contribution in [3.05, 3.63) is 26.5 Å². The molecule has 1 rings (SSSR count). The van der Waals surface area contributed by atoms with Crippen molar-refractivity contribution in [3.8, 4) is 5.75 Å². The SMILES string of the molecule is CCN(CC)C(=O)Oc1cc(Cl)cc(F)c1I. The minimum Gasteiger partial charge on any atom is -0.409 e. The first-order valence-electron chi connectivity index (χ1n) is 5.10. The number of halogens is 3. The van der Waals surface area contributed by atoms with Crippen LogP contribution < -0.4 is 4.74 Å². The van der Waals surface area contributed by atoms with E-state index in [1.807, 2.05) is 13.8 Å². The predicted molar refractivity (Wildman–Crippen MR) is 73.1 cm³/mol. The summed E-state index contributed by atoms with van der Waals surface area (Å²) in [7, 11) is 0. The maximum absolute atomic E-state index is 13.4. The number of nitrogens with zero attached hydrogens (tertiary/aromatic N) is 1. The Morgan fingerprint density at radius 3 is 2.59 bits per heavy atom. The maximum Gasteiger partial charge on any atom is 0.415 e. The lowest BCUT2D eigenvalue weighted by Crippen LogP contribution is -2.33. The largest absolute Gasteiger partial charge is 0.415 e. The molecular formula is C11H12ClFINO2. The van der Waals surface area contributed by atoms with Crippen molar-refractivity contribution in [2.75, 3.05) is 13.1 Å². The molecular weight excluding hydrogens is 359 g/mol. The number of hydrogen-bond donors (Lipinski definition) is 0. The van der Waals surface area contributed by atoms with Crippen molar-refractivity contribution in [3.63, 3.8) is 0 Å². The lowest BCUT2D eigenvalue weighted by atomic mass is 10.3. The van der Waals surface area contributed by atoms with Gasteiger partial charge in [0.05, 0.1) is 3.57 Å². The Hall–Kier alpha value is -0.560. The molecule has 1 aromatic carbocycles. The minimum atomic E-state index is -0.505. The van der Waals surface area contributed by atoms with Gasteiger partial charge < -0.3 is 9.64 Å². The molecule has 0 spiro atoms. The smallest absolute Gasteiger partial charge is 0.409 e. The fourth-order valence-electron chi connectivity index (χ4n) is 1.25. The Balaban J connectivity index is 2.92. The first kappa shape index (κ1) is 14.5. The third kappa shape index (κ3) is 3.70. The van der Waals surface area contributed by atoms with E-state index in [0.29, 0.717) is 13.1 Å². The maximum atomic E-state index is 13.4. The summed E-state index contributed by atoms with van der Waals surface area (Å²) >= 11 is 7.48. The summed E-state index contributed by atoms with van der Waals surface area (Å²) in [5.41, 5.74) is 0. The molecule has 0 aliphatic heterocycles. The molecule has 0 unspecified atom stereocenters. The van der Waals surface area contributed by atoms with E-state index in [9.17, 15) is 9.18 Å². The Kier molecular flexibility index (Phi) is 5.45. The molecule has 0 heterocycles. The van der Waals surface area contributed by atoms with Crippen LogP contribution in [0.3, 0.4) is 0 Å². The topological polar surface area (TPSA) is 29.5 Å². The number of rotatable bonds is 3. The van der Waals surface area contributed by atoms with Crippen LogP contribution in [0.4, 0.5) is 9.18 Å². The molecule has 1 aromatic rings. The van der Waals surface area contributed by atoms with Gasteiger partial charge >= 0.3 is 6.09 Å². The fourth-order valence-corrected chi connectivity index (χ4v) is 1.86. The van der Waals surface area contributed by atoms with Gasteiger partial charge in [0, 0.05) is 24.2 Å². The Bertz CT molecular complexity index is 424. The van der Waals surface area contributed by atoms with Gasteiger partial charge in [0.25, 0.3) is 0 Å². The lowest BCUT2D eigenvalue weighted by molar-refractivity contribution is 0.157. The third-order valence-electron chi connectivity index (χ3n) is 2.18. The molecule has 3 nitrogen and oxygen atoms in total. The third-order valence-corrected chi connectivity index (χ3v) is 3.44. The number of benzene rings is 1. The average Bonchev–Trinajstić information content (AvgIpc) is 2.27. The van der Waals surface area contributed by atoms with Crippen LogP contribution in [0.25, 0.3) is 0 Å². The van der Waals surface area contributed by atoms with E-state index in [2.05, 4.69) is 0 Å². The van der Waals surface area contributed by atoms with Gasteiger partial charge in [-0.3, -0.25) is 0 Å². The number of amides is 1. The summed E-state index contributed by atoms with van der Waals surface area (Å²) < 4.78 is 18.7. The van der Waals surface area contributed by atoms with Crippen LogP contribution in [0, 0.1) is 9.39 Å². The van der Waals surface area contributed by atoms with E-state index in [1.54, 1.807) is 22.6 Å². The van der Waals surface area contributed by atoms with Gasteiger partial charge in [-0.25, -0.2) is 9.18 Å². The molecule has 1 amide bonds. The van der Waals surface area contributed by atoms with Crippen LogP contribution in [0.5, 0.6) is 5.75 Å². The van der Waals surface area contributed by atoms with E-state index in [1.165, 1.54) is 17.0 Å². The highest BCUT2D eigenvalue weighted by Gasteiger charge is 2.16. The van der Waals surface area contributed by atoms with Crippen molar-refractivity contribution < 1.29 is 13.9 Å². The van der Waals surface area contributed by atoms with Crippen LogP contribution in [0.15, 0.2) is 12.1 Å². The van der Waals surface area contributed by atoms with Gasteiger partial charge in [-0.1, -0.05) is 11.6 Å². The van der Waals surface area contributed by atoms with E-state index in [-0.39, 0.29) is 14.3 Å². The van der Waals surface area contributed by atoms with Crippen LogP contribution >= 0.6 is 34.2 Å². The van der Waals surface area contributed by atoms with Crippen LogP contribution in [0.1, 0.15) is 13.8 Å². The molecule has 0 aliphatic rings. The van der Waals surface area contributed by atoms with Gasteiger partial charge in [0.15, 0.2) is 5.75 Å². The highest BCUT2D eigenvalue weighted by atomic mass is 127. The van der Waals surface area contributed by atoms with Gasteiger partial charge in [-0.15, -0.1) is 0 Å². The highest BCUT2D eigenvalue weighted by molar-refractivity contribution is 14.1. The summed E-state index contributed by atoms with van der Waals surface area (Å²) in [4.78, 5) is 13.2. The Labute approximate surface area is 118 Å². The Morgan fingerprint density at radius 2 is 2.06 bits per heavy atom. The van der Waals surface area contributed by atoms with Crippen molar-refractivity contribution in [2.45, 2.75) is 13.8 Å².